The Hall–Kier alpha value is -2.48. The molecule has 1 heterocycles. The lowest BCUT2D eigenvalue weighted by atomic mass is 10.1. The van der Waals surface area contributed by atoms with Crippen molar-refractivity contribution in [3.05, 3.63) is 65.5 Å². The van der Waals surface area contributed by atoms with Crippen LogP contribution < -0.4 is 15.4 Å². The summed E-state index contributed by atoms with van der Waals surface area (Å²) in [6.45, 7) is 1.12. The van der Waals surface area contributed by atoms with Crippen molar-refractivity contribution >= 4 is 5.91 Å². The molecule has 3 unspecified atom stereocenters. The molecule has 144 valence electrons. The van der Waals surface area contributed by atoms with Gasteiger partial charge in [0.15, 0.2) is 0 Å². The highest BCUT2D eigenvalue weighted by atomic mass is 19.1. The third-order valence-electron chi connectivity index (χ3n) is 4.58. The predicted molar refractivity (Wildman–Crippen MR) is 98.1 cm³/mol. The summed E-state index contributed by atoms with van der Waals surface area (Å²) in [7, 11) is 1.62. The highest BCUT2D eigenvalue weighted by Gasteiger charge is 2.35. The summed E-state index contributed by atoms with van der Waals surface area (Å²) in [4.78, 5) is 12.1. The Kier molecular flexibility index (Phi) is 6.39. The monoisotopic (exact) mass is 374 g/mol. The van der Waals surface area contributed by atoms with Gasteiger partial charge in [0.1, 0.15) is 17.7 Å². The van der Waals surface area contributed by atoms with Gasteiger partial charge in [-0.15, -0.1) is 0 Å². The summed E-state index contributed by atoms with van der Waals surface area (Å²) >= 11 is 0. The molecule has 2 aromatic rings. The van der Waals surface area contributed by atoms with Crippen molar-refractivity contribution in [3.8, 4) is 5.75 Å². The summed E-state index contributed by atoms with van der Waals surface area (Å²) in [6.07, 6.45) is -1.24. The maximum absolute atomic E-state index is 12.9. The number of hydrogen-bond donors (Lipinski definition) is 3. The van der Waals surface area contributed by atoms with Crippen molar-refractivity contribution in [2.45, 2.75) is 24.8 Å². The summed E-state index contributed by atoms with van der Waals surface area (Å²) in [5.41, 5.74) is 1.43. The van der Waals surface area contributed by atoms with E-state index < -0.39 is 18.0 Å². The molecule has 0 spiro atoms. The maximum atomic E-state index is 12.9. The number of benzene rings is 2. The van der Waals surface area contributed by atoms with E-state index in [0.717, 1.165) is 11.3 Å². The first-order chi connectivity index (χ1) is 13.1. The molecule has 1 aliphatic heterocycles. The van der Waals surface area contributed by atoms with Gasteiger partial charge < -0.3 is 25.2 Å². The van der Waals surface area contributed by atoms with E-state index in [2.05, 4.69) is 10.6 Å². The second-order valence-electron chi connectivity index (χ2n) is 6.41. The first-order valence-corrected chi connectivity index (χ1v) is 8.76. The number of rotatable bonds is 7. The van der Waals surface area contributed by atoms with Crippen LogP contribution >= 0.6 is 0 Å². The molecule has 27 heavy (non-hydrogen) atoms. The largest absolute Gasteiger partial charge is 0.497 e. The van der Waals surface area contributed by atoms with Crippen LogP contribution in [0.15, 0.2) is 48.5 Å². The molecule has 0 bridgehead atoms. The number of carbonyl (C=O) groups excluding carboxylic acids is 1. The van der Waals surface area contributed by atoms with Gasteiger partial charge in [-0.3, -0.25) is 4.79 Å². The Morgan fingerprint density at radius 2 is 1.93 bits per heavy atom. The van der Waals surface area contributed by atoms with E-state index in [-0.39, 0.29) is 18.5 Å². The standard InChI is InChI=1S/C20H23FN2O4/c1-26-16-8-2-13(3-9-16)10-22-17-12-27-18(19(17)24)11-23-20(25)14-4-6-15(21)7-5-14/h2-9,17-19,22,24H,10-12H2,1H3,(H,23,25). The molecule has 6 nitrogen and oxygen atoms in total. The van der Waals surface area contributed by atoms with Crippen LogP contribution in [-0.2, 0) is 11.3 Å². The van der Waals surface area contributed by atoms with E-state index in [1.807, 2.05) is 24.3 Å². The number of methoxy groups -OCH3 is 1. The van der Waals surface area contributed by atoms with E-state index in [4.69, 9.17) is 9.47 Å². The molecule has 1 saturated heterocycles. The van der Waals surface area contributed by atoms with Crippen LogP contribution in [0.4, 0.5) is 4.39 Å². The Bertz CT molecular complexity index is 752. The van der Waals surface area contributed by atoms with Crippen molar-refractivity contribution in [2.24, 2.45) is 0 Å². The molecule has 7 heteroatoms. The topological polar surface area (TPSA) is 79.8 Å². The predicted octanol–water partition coefficient (Wildman–Crippen LogP) is 1.48. The first kappa shape index (κ1) is 19.3. The van der Waals surface area contributed by atoms with Crippen molar-refractivity contribution in [1.29, 1.82) is 0 Å². The highest BCUT2D eigenvalue weighted by Crippen LogP contribution is 2.16. The van der Waals surface area contributed by atoms with Gasteiger partial charge >= 0.3 is 0 Å². The van der Waals surface area contributed by atoms with Gasteiger partial charge in [-0.05, 0) is 42.0 Å². The number of carbonyl (C=O) groups is 1. The molecule has 0 radical (unpaired) electrons. The summed E-state index contributed by atoms with van der Waals surface area (Å²) in [5, 5.41) is 16.4. The van der Waals surface area contributed by atoms with Gasteiger partial charge in [0.25, 0.3) is 5.91 Å². The van der Waals surface area contributed by atoms with Crippen LogP contribution in [0.5, 0.6) is 5.75 Å². The fraction of sp³-hybridized carbons (Fsp3) is 0.350. The van der Waals surface area contributed by atoms with Gasteiger partial charge in [0.05, 0.1) is 25.9 Å². The van der Waals surface area contributed by atoms with E-state index in [1.54, 1.807) is 7.11 Å². The quantitative estimate of drug-likeness (QED) is 0.684. The molecular weight excluding hydrogens is 351 g/mol. The van der Waals surface area contributed by atoms with Gasteiger partial charge in [0.2, 0.25) is 0 Å². The number of aliphatic hydroxyl groups excluding tert-OH is 1. The minimum Gasteiger partial charge on any atom is -0.497 e. The van der Waals surface area contributed by atoms with Crippen LogP contribution in [0.25, 0.3) is 0 Å². The molecule has 1 amide bonds. The third-order valence-corrected chi connectivity index (χ3v) is 4.58. The maximum Gasteiger partial charge on any atom is 0.251 e. The molecular formula is C20H23FN2O4. The Morgan fingerprint density at radius 1 is 1.22 bits per heavy atom. The average molecular weight is 374 g/mol. The molecule has 0 aromatic heterocycles. The fourth-order valence-electron chi connectivity index (χ4n) is 2.93. The minimum absolute atomic E-state index is 0.179. The minimum atomic E-state index is -0.739. The molecule has 1 aliphatic rings. The average Bonchev–Trinajstić information content (AvgIpc) is 3.05. The Labute approximate surface area is 157 Å². The second-order valence-corrected chi connectivity index (χ2v) is 6.41. The zero-order valence-corrected chi connectivity index (χ0v) is 15.0. The van der Waals surface area contributed by atoms with Gasteiger partial charge in [-0.25, -0.2) is 4.39 Å². The molecule has 3 N–H and O–H groups in total. The summed E-state index contributed by atoms with van der Waals surface area (Å²) in [6, 6.07) is 12.7. The van der Waals surface area contributed by atoms with E-state index in [1.165, 1.54) is 24.3 Å². The van der Waals surface area contributed by atoms with Gasteiger partial charge in [-0.1, -0.05) is 12.1 Å². The smallest absolute Gasteiger partial charge is 0.251 e. The third kappa shape index (κ3) is 5.03. The fourth-order valence-corrected chi connectivity index (χ4v) is 2.93. The van der Waals surface area contributed by atoms with Crippen molar-refractivity contribution in [3.63, 3.8) is 0 Å². The molecule has 3 atom stereocenters. The number of ether oxygens (including phenoxy) is 2. The van der Waals surface area contributed by atoms with Crippen molar-refractivity contribution < 1.29 is 23.8 Å². The molecule has 1 fully saturated rings. The van der Waals surface area contributed by atoms with Crippen LogP contribution in [0, 0.1) is 5.82 Å². The normalized spacial score (nSPS) is 21.8. The number of hydrogen-bond acceptors (Lipinski definition) is 5. The zero-order valence-electron chi connectivity index (χ0n) is 15.0. The molecule has 2 aromatic carbocycles. The molecule has 0 saturated carbocycles. The number of nitrogens with one attached hydrogen (secondary N) is 2. The second kappa shape index (κ2) is 8.94. The Balaban J connectivity index is 1.45. The number of halogens is 1. The van der Waals surface area contributed by atoms with Crippen LogP contribution in [0.2, 0.25) is 0 Å². The lowest BCUT2D eigenvalue weighted by Crippen LogP contribution is -2.44. The Morgan fingerprint density at radius 3 is 2.59 bits per heavy atom. The summed E-state index contributed by atoms with van der Waals surface area (Å²) < 4.78 is 23.6. The zero-order chi connectivity index (χ0) is 19.2. The molecule has 0 aliphatic carbocycles. The van der Waals surface area contributed by atoms with Gasteiger partial charge in [-0.2, -0.15) is 0 Å². The number of amides is 1. The van der Waals surface area contributed by atoms with E-state index in [9.17, 15) is 14.3 Å². The van der Waals surface area contributed by atoms with Crippen molar-refractivity contribution in [1.82, 2.24) is 10.6 Å². The van der Waals surface area contributed by atoms with Crippen LogP contribution in [-0.4, -0.2) is 49.5 Å². The lowest BCUT2D eigenvalue weighted by Gasteiger charge is -2.19. The summed E-state index contributed by atoms with van der Waals surface area (Å²) in [5.74, 6) is 0.0623. The van der Waals surface area contributed by atoms with Crippen molar-refractivity contribution in [2.75, 3.05) is 20.3 Å². The van der Waals surface area contributed by atoms with E-state index in [0.29, 0.717) is 18.7 Å². The number of aliphatic hydroxyl groups is 1. The van der Waals surface area contributed by atoms with E-state index >= 15 is 0 Å². The highest BCUT2D eigenvalue weighted by molar-refractivity contribution is 5.94. The van der Waals surface area contributed by atoms with Gasteiger partial charge in [0, 0.05) is 18.7 Å². The molecule has 3 rings (SSSR count). The first-order valence-electron chi connectivity index (χ1n) is 8.76. The SMILES string of the molecule is COc1ccc(CNC2COC(CNC(=O)c3ccc(F)cc3)C2O)cc1. The van der Waals surface area contributed by atoms with Crippen LogP contribution in [0.3, 0.4) is 0 Å². The van der Waals surface area contributed by atoms with Crippen LogP contribution in [0.1, 0.15) is 15.9 Å². The lowest BCUT2D eigenvalue weighted by molar-refractivity contribution is 0.0398.